The van der Waals surface area contributed by atoms with Crippen molar-refractivity contribution in [3.63, 3.8) is 0 Å². The number of hydrogen-bond acceptors (Lipinski definition) is 5. The number of carboxylic acid groups (broad SMARTS) is 1. The van der Waals surface area contributed by atoms with Crippen molar-refractivity contribution in [1.82, 2.24) is 10.2 Å². The van der Waals surface area contributed by atoms with Crippen molar-refractivity contribution in [2.45, 2.75) is 45.4 Å². The molecule has 0 spiro atoms. The highest BCUT2D eigenvalue weighted by Crippen LogP contribution is 2.23. The zero-order chi connectivity index (χ0) is 20.0. The molecular weight excluding hydrogens is 352 g/mol. The summed E-state index contributed by atoms with van der Waals surface area (Å²) in [6, 6.07) is 8.04. The van der Waals surface area contributed by atoms with Gasteiger partial charge in [-0.05, 0) is 38.7 Å². The first-order chi connectivity index (χ1) is 12.6. The Bertz CT molecular complexity index is 665. The minimum absolute atomic E-state index is 0.0203. The van der Waals surface area contributed by atoms with Crippen LogP contribution in [0.25, 0.3) is 0 Å². The Labute approximate surface area is 158 Å². The first-order valence-corrected chi connectivity index (χ1v) is 8.82. The van der Waals surface area contributed by atoms with E-state index in [-0.39, 0.29) is 18.9 Å². The van der Waals surface area contributed by atoms with Gasteiger partial charge in [-0.1, -0.05) is 30.3 Å². The van der Waals surface area contributed by atoms with Crippen molar-refractivity contribution >= 4 is 18.2 Å². The molecule has 1 aliphatic heterocycles. The summed E-state index contributed by atoms with van der Waals surface area (Å²) in [5.41, 5.74) is 0.238. The van der Waals surface area contributed by atoms with Crippen molar-refractivity contribution in [3.05, 3.63) is 35.9 Å². The summed E-state index contributed by atoms with van der Waals surface area (Å²) < 4.78 is 10.3. The van der Waals surface area contributed by atoms with E-state index in [0.717, 1.165) is 5.56 Å². The molecule has 8 nitrogen and oxygen atoms in total. The molecule has 0 unspecified atom stereocenters. The number of carbonyl (C=O) groups is 3. The summed E-state index contributed by atoms with van der Waals surface area (Å²) in [5.74, 6) is -1.16. The van der Waals surface area contributed by atoms with Crippen LogP contribution in [0.5, 0.6) is 0 Å². The average Bonchev–Trinajstić information content (AvgIpc) is 2.53. The summed E-state index contributed by atoms with van der Waals surface area (Å²) in [4.78, 5) is 36.7. The molecule has 148 valence electrons. The zero-order valence-corrected chi connectivity index (χ0v) is 15.8. The van der Waals surface area contributed by atoms with Crippen molar-refractivity contribution in [3.8, 4) is 0 Å². The largest absolute Gasteiger partial charge is 0.480 e. The first-order valence-electron chi connectivity index (χ1n) is 8.82. The molecular formula is C19H26N2O6. The number of nitrogens with one attached hydrogen (secondary N) is 1. The molecule has 1 atom stereocenters. The quantitative estimate of drug-likeness (QED) is 0.788. The summed E-state index contributed by atoms with van der Waals surface area (Å²) in [5, 5.41) is 11.7. The van der Waals surface area contributed by atoms with Crippen LogP contribution in [0, 0.1) is 5.92 Å². The second-order valence-corrected chi connectivity index (χ2v) is 7.58. The maximum atomic E-state index is 11.9. The van der Waals surface area contributed by atoms with Crippen LogP contribution in [0.1, 0.15) is 32.8 Å². The lowest BCUT2D eigenvalue weighted by molar-refractivity contribution is -0.140. The normalized spacial score (nSPS) is 15.4. The fourth-order valence-corrected chi connectivity index (χ4v) is 2.66. The number of carbonyl (C=O) groups excluding carboxylic acids is 2. The van der Waals surface area contributed by atoms with Crippen LogP contribution in [0.15, 0.2) is 30.3 Å². The zero-order valence-electron chi connectivity index (χ0n) is 15.8. The van der Waals surface area contributed by atoms with Crippen molar-refractivity contribution in [2.24, 2.45) is 5.92 Å². The Hall–Kier alpha value is -2.77. The van der Waals surface area contributed by atoms with E-state index in [4.69, 9.17) is 9.47 Å². The molecule has 0 aliphatic carbocycles. The van der Waals surface area contributed by atoms with Gasteiger partial charge in [0.25, 0.3) is 0 Å². The number of nitrogens with zero attached hydrogens (tertiary/aromatic N) is 1. The van der Waals surface area contributed by atoms with Gasteiger partial charge in [-0.2, -0.15) is 0 Å². The van der Waals surface area contributed by atoms with Gasteiger partial charge < -0.3 is 24.8 Å². The number of carboxylic acids is 1. The third-order valence-corrected chi connectivity index (χ3v) is 3.98. The molecule has 2 N–H and O–H groups in total. The van der Waals surface area contributed by atoms with E-state index in [2.05, 4.69) is 5.32 Å². The third kappa shape index (κ3) is 6.80. The summed E-state index contributed by atoms with van der Waals surface area (Å²) in [7, 11) is 0. The second-order valence-electron chi connectivity index (χ2n) is 7.58. The maximum Gasteiger partial charge on any atom is 0.410 e. The van der Waals surface area contributed by atoms with Crippen LogP contribution in [-0.2, 0) is 20.9 Å². The lowest BCUT2D eigenvalue weighted by Gasteiger charge is -2.40. The predicted molar refractivity (Wildman–Crippen MR) is 97.1 cm³/mol. The smallest absolute Gasteiger partial charge is 0.410 e. The Morgan fingerprint density at radius 1 is 1.22 bits per heavy atom. The highest BCUT2D eigenvalue weighted by molar-refractivity contribution is 5.80. The van der Waals surface area contributed by atoms with Crippen LogP contribution in [0.2, 0.25) is 0 Å². The minimum Gasteiger partial charge on any atom is -0.480 e. The van der Waals surface area contributed by atoms with E-state index in [1.807, 2.05) is 30.3 Å². The molecule has 0 radical (unpaired) electrons. The standard InChI is InChI=1S/C19H26N2O6/c1-19(2,3)27-18(25)21-10-14(11-21)9-15(16(22)23)20-17(24)26-12-13-7-5-4-6-8-13/h4-8,14-15H,9-12H2,1-3H3,(H,20,24)(H,22,23)/t15-/m1/s1. The number of aliphatic carboxylic acids is 1. The lowest BCUT2D eigenvalue weighted by Crippen LogP contribution is -2.54. The second kappa shape index (κ2) is 8.75. The Balaban J connectivity index is 1.75. The fourth-order valence-electron chi connectivity index (χ4n) is 2.66. The Morgan fingerprint density at radius 2 is 1.85 bits per heavy atom. The summed E-state index contributed by atoms with van der Waals surface area (Å²) in [6.07, 6.45) is -0.981. The van der Waals surface area contributed by atoms with Crippen molar-refractivity contribution < 1.29 is 29.0 Å². The molecule has 1 aromatic carbocycles. The molecule has 1 saturated heterocycles. The van der Waals surface area contributed by atoms with E-state index in [1.165, 1.54) is 4.90 Å². The molecule has 27 heavy (non-hydrogen) atoms. The predicted octanol–water partition coefficient (Wildman–Crippen LogP) is 2.62. The van der Waals surface area contributed by atoms with Gasteiger partial charge in [0, 0.05) is 13.1 Å². The van der Waals surface area contributed by atoms with E-state index >= 15 is 0 Å². The number of benzene rings is 1. The molecule has 1 aliphatic rings. The van der Waals surface area contributed by atoms with E-state index in [9.17, 15) is 19.5 Å². The van der Waals surface area contributed by atoms with Crippen molar-refractivity contribution in [2.75, 3.05) is 13.1 Å². The molecule has 0 saturated carbocycles. The molecule has 1 heterocycles. The molecule has 0 aromatic heterocycles. The highest BCUT2D eigenvalue weighted by atomic mass is 16.6. The third-order valence-electron chi connectivity index (χ3n) is 3.98. The minimum atomic E-state index is -1.14. The van der Waals surface area contributed by atoms with Crippen LogP contribution in [-0.4, -0.2) is 52.9 Å². The molecule has 8 heteroatoms. The Kier molecular flexibility index (Phi) is 6.65. The summed E-state index contributed by atoms with van der Waals surface area (Å²) >= 11 is 0. The molecule has 1 aromatic rings. The fraction of sp³-hybridized carbons (Fsp3) is 0.526. The summed E-state index contributed by atoms with van der Waals surface area (Å²) in [6.45, 7) is 6.22. The van der Waals surface area contributed by atoms with Gasteiger partial charge in [-0.25, -0.2) is 14.4 Å². The number of hydrogen-bond donors (Lipinski definition) is 2. The van der Waals surface area contributed by atoms with E-state index < -0.39 is 29.8 Å². The van der Waals surface area contributed by atoms with Crippen LogP contribution in [0.3, 0.4) is 0 Å². The van der Waals surface area contributed by atoms with E-state index in [1.54, 1.807) is 20.8 Å². The molecule has 1 fully saturated rings. The lowest BCUT2D eigenvalue weighted by atomic mass is 9.92. The molecule has 2 rings (SSSR count). The SMILES string of the molecule is CC(C)(C)OC(=O)N1CC(C[C@@H](NC(=O)OCc2ccccc2)C(=O)O)C1. The highest BCUT2D eigenvalue weighted by Gasteiger charge is 2.36. The maximum absolute atomic E-state index is 11.9. The number of amides is 2. The number of alkyl carbamates (subject to hydrolysis) is 1. The van der Waals surface area contributed by atoms with Crippen molar-refractivity contribution in [1.29, 1.82) is 0 Å². The van der Waals surface area contributed by atoms with Gasteiger partial charge >= 0.3 is 18.2 Å². The van der Waals surface area contributed by atoms with Gasteiger partial charge in [0.05, 0.1) is 0 Å². The number of rotatable bonds is 6. The van der Waals surface area contributed by atoms with Crippen LogP contribution < -0.4 is 5.32 Å². The van der Waals surface area contributed by atoms with Gasteiger partial charge in [0.1, 0.15) is 18.2 Å². The van der Waals surface area contributed by atoms with Crippen LogP contribution in [0.4, 0.5) is 9.59 Å². The Morgan fingerprint density at radius 3 is 2.41 bits per heavy atom. The first kappa shape index (κ1) is 20.5. The molecule has 2 amide bonds. The van der Waals surface area contributed by atoms with Gasteiger partial charge in [0.2, 0.25) is 0 Å². The van der Waals surface area contributed by atoms with Gasteiger partial charge in [0.15, 0.2) is 0 Å². The number of ether oxygens (including phenoxy) is 2. The molecule has 0 bridgehead atoms. The van der Waals surface area contributed by atoms with E-state index in [0.29, 0.717) is 13.1 Å². The van der Waals surface area contributed by atoms with Gasteiger partial charge in [-0.15, -0.1) is 0 Å². The topological polar surface area (TPSA) is 105 Å². The number of likely N-dealkylation sites (tertiary alicyclic amines) is 1. The van der Waals surface area contributed by atoms with Gasteiger partial charge in [-0.3, -0.25) is 0 Å². The average molecular weight is 378 g/mol. The van der Waals surface area contributed by atoms with Crippen LogP contribution >= 0.6 is 0 Å². The monoisotopic (exact) mass is 378 g/mol.